The number of nitrogens with one attached hydrogen (secondary N) is 2. The third-order valence-corrected chi connectivity index (χ3v) is 4.01. The second kappa shape index (κ2) is 6.31. The Hall–Kier alpha value is -3.55. The van der Waals surface area contributed by atoms with Gasteiger partial charge in [-0.2, -0.15) is 13.2 Å². The van der Waals surface area contributed by atoms with Gasteiger partial charge in [0, 0.05) is 11.3 Å². The number of fused-ring (bicyclic) bond motifs is 1. The molecule has 136 valence electrons. The second-order valence-electron chi connectivity index (χ2n) is 5.86. The van der Waals surface area contributed by atoms with Crippen molar-refractivity contribution in [1.29, 1.82) is 0 Å². The van der Waals surface area contributed by atoms with Gasteiger partial charge in [0.15, 0.2) is 0 Å². The highest BCUT2D eigenvalue weighted by Crippen LogP contribution is 2.31. The fourth-order valence-corrected chi connectivity index (χ4v) is 2.63. The molecular weight excluding hydrogens is 359 g/mol. The lowest BCUT2D eigenvalue weighted by atomic mass is 10.2. The zero-order valence-corrected chi connectivity index (χ0v) is 13.7. The van der Waals surface area contributed by atoms with E-state index in [9.17, 15) is 18.0 Å². The molecule has 2 aromatic heterocycles. The summed E-state index contributed by atoms with van der Waals surface area (Å²) in [7, 11) is 0. The molecule has 0 aliphatic rings. The Morgan fingerprint density at radius 1 is 1.07 bits per heavy atom. The van der Waals surface area contributed by atoms with Crippen molar-refractivity contribution in [1.82, 2.24) is 9.97 Å². The Balaban J connectivity index is 1.57. The number of aromatic nitrogens is 2. The molecule has 0 unspecified atom stereocenters. The molecule has 0 radical (unpaired) electrons. The summed E-state index contributed by atoms with van der Waals surface area (Å²) in [6.45, 7) is 0. The van der Waals surface area contributed by atoms with Crippen molar-refractivity contribution in [2.45, 2.75) is 6.18 Å². The molecule has 1 amide bonds. The molecule has 27 heavy (non-hydrogen) atoms. The maximum atomic E-state index is 12.8. The lowest BCUT2D eigenvalue weighted by Crippen LogP contribution is -2.10. The molecule has 2 N–H and O–H groups in total. The lowest BCUT2D eigenvalue weighted by molar-refractivity contribution is -0.137. The molecular formula is C19H12F3N3O2. The van der Waals surface area contributed by atoms with Crippen LogP contribution in [0, 0.1) is 0 Å². The quantitative estimate of drug-likeness (QED) is 0.527. The molecule has 0 bridgehead atoms. The van der Waals surface area contributed by atoms with Crippen LogP contribution < -0.4 is 5.32 Å². The molecule has 0 aliphatic carbocycles. The van der Waals surface area contributed by atoms with E-state index in [0.29, 0.717) is 33.7 Å². The zero-order valence-electron chi connectivity index (χ0n) is 13.7. The Morgan fingerprint density at radius 3 is 2.52 bits per heavy atom. The van der Waals surface area contributed by atoms with Gasteiger partial charge in [0.1, 0.15) is 12.1 Å². The molecule has 8 heteroatoms. The average molecular weight is 371 g/mol. The number of furan rings is 1. The maximum Gasteiger partial charge on any atom is 0.416 e. The number of imidazole rings is 1. The number of benzene rings is 2. The fraction of sp³-hybridized carbons (Fsp3) is 0.0526. The van der Waals surface area contributed by atoms with E-state index < -0.39 is 11.7 Å². The van der Waals surface area contributed by atoms with Gasteiger partial charge in [0.05, 0.1) is 28.4 Å². The molecule has 0 saturated heterocycles. The van der Waals surface area contributed by atoms with E-state index in [0.717, 1.165) is 12.1 Å². The molecule has 2 aromatic carbocycles. The van der Waals surface area contributed by atoms with Gasteiger partial charge < -0.3 is 14.7 Å². The third-order valence-electron chi connectivity index (χ3n) is 4.01. The van der Waals surface area contributed by atoms with Crippen LogP contribution in [-0.2, 0) is 6.18 Å². The van der Waals surface area contributed by atoms with Crippen LogP contribution in [-0.4, -0.2) is 15.9 Å². The first-order valence-electron chi connectivity index (χ1n) is 7.91. The fourth-order valence-electron chi connectivity index (χ4n) is 2.63. The van der Waals surface area contributed by atoms with Gasteiger partial charge in [0.25, 0.3) is 5.91 Å². The van der Waals surface area contributed by atoms with Gasteiger partial charge in [-0.15, -0.1) is 0 Å². The van der Waals surface area contributed by atoms with Crippen LogP contribution in [0.5, 0.6) is 0 Å². The Kier molecular flexibility index (Phi) is 3.95. The molecule has 0 aliphatic heterocycles. The number of anilines is 1. The van der Waals surface area contributed by atoms with Gasteiger partial charge in [-0.1, -0.05) is 0 Å². The molecule has 4 rings (SSSR count). The number of rotatable bonds is 3. The van der Waals surface area contributed by atoms with Gasteiger partial charge in [-0.3, -0.25) is 4.79 Å². The normalized spacial score (nSPS) is 11.7. The topological polar surface area (TPSA) is 70.9 Å². The molecule has 5 nitrogen and oxygen atoms in total. The second-order valence-corrected chi connectivity index (χ2v) is 5.86. The Morgan fingerprint density at radius 2 is 1.85 bits per heavy atom. The first-order chi connectivity index (χ1) is 12.9. The van der Waals surface area contributed by atoms with Crippen molar-refractivity contribution < 1.29 is 22.4 Å². The highest BCUT2D eigenvalue weighted by molar-refractivity contribution is 6.04. The van der Waals surface area contributed by atoms with Crippen LogP contribution in [0.1, 0.15) is 15.9 Å². The largest absolute Gasteiger partial charge is 0.472 e. The number of aromatic amines is 1. The third kappa shape index (κ3) is 3.41. The molecule has 0 atom stereocenters. The van der Waals surface area contributed by atoms with Gasteiger partial charge in [-0.05, 0) is 48.5 Å². The number of H-pyrrole nitrogens is 1. The van der Waals surface area contributed by atoms with Gasteiger partial charge >= 0.3 is 6.18 Å². The number of carbonyl (C=O) groups is 1. The van der Waals surface area contributed by atoms with Crippen LogP contribution in [0.25, 0.3) is 22.4 Å². The van der Waals surface area contributed by atoms with Gasteiger partial charge in [-0.25, -0.2) is 4.98 Å². The van der Waals surface area contributed by atoms with E-state index in [4.69, 9.17) is 4.42 Å². The minimum absolute atomic E-state index is 0.303. The Labute approximate surface area is 150 Å². The minimum Gasteiger partial charge on any atom is -0.472 e. The molecule has 2 heterocycles. The number of nitrogens with zero attached hydrogens (tertiary/aromatic N) is 1. The van der Waals surface area contributed by atoms with Crippen molar-refractivity contribution in [3.05, 3.63) is 72.2 Å². The molecule has 0 fully saturated rings. The van der Waals surface area contributed by atoms with E-state index in [1.807, 2.05) is 0 Å². The van der Waals surface area contributed by atoms with E-state index in [-0.39, 0.29) is 5.91 Å². The Bertz CT molecular complexity index is 1100. The van der Waals surface area contributed by atoms with Crippen molar-refractivity contribution in [3.63, 3.8) is 0 Å². The summed E-state index contributed by atoms with van der Waals surface area (Å²) in [6, 6.07) is 11.7. The summed E-state index contributed by atoms with van der Waals surface area (Å²) in [5.74, 6) is 0.136. The number of hydrogen-bond acceptors (Lipinski definition) is 3. The van der Waals surface area contributed by atoms with Crippen LogP contribution in [0.4, 0.5) is 18.9 Å². The zero-order chi connectivity index (χ0) is 19.0. The number of carbonyl (C=O) groups excluding carboxylic acids is 1. The predicted octanol–water partition coefficient (Wildman–Crippen LogP) is 5.09. The summed E-state index contributed by atoms with van der Waals surface area (Å²) < 4.78 is 43.3. The first-order valence-corrected chi connectivity index (χ1v) is 7.91. The van der Waals surface area contributed by atoms with Crippen LogP contribution in [0.15, 0.2) is 65.5 Å². The summed E-state index contributed by atoms with van der Waals surface area (Å²) >= 11 is 0. The van der Waals surface area contributed by atoms with Crippen molar-refractivity contribution in [2.24, 2.45) is 0 Å². The van der Waals surface area contributed by atoms with Crippen molar-refractivity contribution >= 4 is 22.6 Å². The van der Waals surface area contributed by atoms with E-state index in [2.05, 4.69) is 15.3 Å². The van der Waals surface area contributed by atoms with E-state index >= 15 is 0 Å². The predicted molar refractivity (Wildman–Crippen MR) is 93.2 cm³/mol. The summed E-state index contributed by atoms with van der Waals surface area (Å²) in [4.78, 5) is 19.2. The summed E-state index contributed by atoms with van der Waals surface area (Å²) in [6.07, 6.45) is -1.66. The standard InChI is InChI=1S/C19H12F3N3O2/c20-19(21,22)13-3-6-15-16(9-13)25-17(24-15)11-1-4-14(5-2-11)23-18(26)12-7-8-27-10-12/h1-10H,(H,23,26)(H,24,25). The lowest BCUT2D eigenvalue weighted by Gasteiger charge is -2.05. The maximum absolute atomic E-state index is 12.8. The summed E-state index contributed by atoms with van der Waals surface area (Å²) in [5.41, 5.74) is 1.66. The molecule has 0 saturated carbocycles. The first kappa shape index (κ1) is 16.9. The van der Waals surface area contributed by atoms with E-state index in [1.54, 1.807) is 30.3 Å². The van der Waals surface area contributed by atoms with Gasteiger partial charge in [0.2, 0.25) is 0 Å². The number of hydrogen-bond donors (Lipinski definition) is 2. The van der Waals surface area contributed by atoms with Crippen LogP contribution >= 0.6 is 0 Å². The highest BCUT2D eigenvalue weighted by atomic mass is 19.4. The highest BCUT2D eigenvalue weighted by Gasteiger charge is 2.30. The minimum atomic E-state index is -4.41. The molecule has 4 aromatic rings. The van der Waals surface area contributed by atoms with Crippen LogP contribution in [0.2, 0.25) is 0 Å². The van der Waals surface area contributed by atoms with E-state index in [1.165, 1.54) is 18.6 Å². The van der Waals surface area contributed by atoms with Crippen molar-refractivity contribution in [2.75, 3.05) is 5.32 Å². The summed E-state index contributed by atoms with van der Waals surface area (Å²) in [5, 5.41) is 2.72. The molecule has 0 spiro atoms. The number of amides is 1. The van der Waals surface area contributed by atoms with Crippen molar-refractivity contribution in [3.8, 4) is 11.4 Å². The average Bonchev–Trinajstić information content (AvgIpc) is 3.30. The van der Waals surface area contributed by atoms with Crippen LogP contribution in [0.3, 0.4) is 0 Å². The smallest absolute Gasteiger partial charge is 0.416 e. The number of halogens is 3. The monoisotopic (exact) mass is 371 g/mol. The number of alkyl halides is 3. The SMILES string of the molecule is O=C(Nc1ccc(-c2nc3ccc(C(F)(F)F)cc3[nH]2)cc1)c1ccoc1.